The number of aliphatic hydroxyl groups is 2. The zero-order valence-corrected chi connectivity index (χ0v) is 11.0. The normalized spacial score (nSPS) is 31.8. The molecule has 0 saturated heterocycles. The van der Waals surface area contributed by atoms with E-state index in [0.717, 1.165) is 38.3 Å². The Labute approximate surface area is 105 Å². The van der Waals surface area contributed by atoms with Gasteiger partial charge in [-0.1, -0.05) is 25.7 Å². The maximum atomic E-state index is 10.0. The van der Waals surface area contributed by atoms with Gasteiger partial charge in [0, 0.05) is 13.1 Å². The molecular formula is C14H27NO2. The van der Waals surface area contributed by atoms with Gasteiger partial charge in [0.05, 0.1) is 12.2 Å². The van der Waals surface area contributed by atoms with Crippen molar-refractivity contribution in [2.45, 2.75) is 57.2 Å². The molecule has 2 saturated carbocycles. The van der Waals surface area contributed by atoms with Gasteiger partial charge in [0.15, 0.2) is 0 Å². The smallest absolute Gasteiger partial charge is 0.0669 e. The molecule has 3 heteroatoms. The fourth-order valence-electron chi connectivity index (χ4n) is 3.43. The van der Waals surface area contributed by atoms with Crippen molar-refractivity contribution in [1.82, 2.24) is 4.90 Å². The van der Waals surface area contributed by atoms with Crippen molar-refractivity contribution in [3.05, 3.63) is 0 Å². The van der Waals surface area contributed by atoms with Crippen molar-refractivity contribution < 1.29 is 10.2 Å². The van der Waals surface area contributed by atoms with Crippen LogP contribution in [0.4, 0.5) is 0 Å². The summed E-state index contributed by atoms with van der Waals surface area (Å²) >= 11 is 0. The lowest BCUT2D eigenvalue weighted by molar-refractivity contribution is 0.0192. The summed E-state index contributed by atoms with van der Waals surface area (Å²) in [6, 6.07) is 0. The lowest BCUT2D eigenvalue weighted by Crippen LogP contribution is -2.40. The number of likely N-dealkylation sites (N-methyl/N-ethyl adjacent to an activating group) is 1. The first-order valence-corrected chi connectivity index (χ1v) is 7.18. The second-order valence-corrected chi connectivity index (χ2v) is 6.25. The van der Waals surface area contributed by atoms with Crippen LogP contribution in [0.1, 0.15) is 44.9 Å². The van der Waals surface area contributed by atoms with E-state index in [9.17, 15) is 10.2 Å². The lowest BCUT2D eigenvalue weighted by Gasteiger charge is -2.35. The van der Waals surface area contributed by atoms with E-state index in [1.54, 1.807) is 0 Å². The van der Waals surface area contributed by atoms with Gasteiger partial charge in [0.25, 0.3) is 0 Å². The topological polar surface area (TPSA) is 43.7 Å². The minimum Gasteiger partial charge on any atom is -0.393 e. The van der Waals surface area contributed by atoms with Gasteiger partial charge in [-0.3, -0.25) is 0 Å². The monoisotopic (exact) mass is 241 g/mol. The van der Waals surface area contributed by atoms with E-state index in [0.29, 0.717) is 5.92 Å². The van der Waals surface area contributed by atoms with Gasteiger partial charge in [-0.15, -0.1) is 0 Å². The number of nitrogens with zero attached hydrogens (tertiary/aromatic N) is 1. The molecule has 0 aromatic heterocycles. The molecule has 100 valence electrons. The summed E-state index contributed by atoms with van der Waals surface area (Å²) in [6.07, 6.45) is 8.00. The molecule has 2 aliphatic carbocycles. The van der Waals surface area contributed by atoms with Crippen LogP contribution in [0.25, 0.3) is 0 Å². The molecule has 1 unspecified atom stereocenters. The van der Waals surface area contributed by atoms with E-state index in [1.807, 2.05) is 0 Å². The van der Waals surface area contributed by atoms with Crippen LogP contribution in [-0.4, -0.2) is 47.5 Å². The highest BCUT2D eigenvalue weighted by Crippen LogP contribution is 2.29. The summed E-state index contributed by atoms with van der Waals surface area (Å²) in [4.78, 5) is 2.23. The highest BCUT2D eigenvalue weighted by atomic mass is 16.3. The summed E-state index contributed by atoms with van der Waals surface area (Å²) in [6.45, 7) is 1.82. The predicted molar refractivity (Wildman–Crippen MR) is 68.8 cm³/mol. The van der Waals surface area contributed by atoms with Crippen molar-refractivity contribution in [1.29, 1.82) is 0 Å². The van der Waals surface area contributed by atoms with Crippen LogP contribution >= 0.6 is 0 Å². The molecule has 0 aliphatic heterocycles. The minimum atomic E-state index is -0.159. The fourth-order valence-corrected chi connectivity index (χ4v) is 3.43. The number of hydrogen-bond acceptors (Lipinski definition) is 3. The standard InChI is InChI=1S/C14H27NO2/c1-15(9-12-7-13(16)8-12)10-14(17)6-11-4-2-3-5-11/h11-14,16-17H,2-10H2,1H3. The lowest BCUT2D eigenvalue weighted by atomic mass is 9.82. The Morgan fingerprint density at radius 1 is 1.18 bits per heavy atom. The van der Waals surface area contributed by atoms with Crippen molar-refractivity contribution in [2.75, 3.05) is 20.1 Å². The van der Waals surface area contributed by atoms with Crippen LogP contribution in [0.5, 0.6) is 0 Å². The number of hydrogen-bond donors (Lipinski definition) is 2. The zero-order valence-electron chi connectivity index (χ0n) is 11.0. The molecule has 0 heterocycles. The summed E-state index contributed by atoms with van der Waals surface area (Å²) in [5.41, 5.74) is 0. The Bertz CT molecular complexity index is 222. The second kappa shape index (κ2) is 6.17. The molecule has 0 aromatic carbocycles. The summed E-state index contributed by atoms with van der Waals surface area (Å²) in [5, 5.41) is 19.3. The number of aliphatic hydroxyl groups excluding tert-OH is 2. The Hall–Kier alpha value is -0.120. The van der Waals surface area contributed by atoms with Crippen LogP contribution < -0.4 is 0 Å². The number of rotatable bonds is 6. The quantitative estimate of drug-likeness (QED) is 0.743. The van der Waals surface area contributed by atoms with Crippen molar-refractivity contribution in [2.24, 2.45) is 11.8 Å². The summed E-state index contributed by atoms with van der Waals surface area (Å²) < 4.78 is 0. The largest absolute Gasteiger partial charge is 0.393 e. The minimum absolute atomic E-state index is 0.0585. The molecule has 0 bridgehead atoms. The van der Waals surface area contributed by atoms with Gasteiger partial charge in [-0.05, 0) is 38.1 Å². The molecule has 2 fully saturated rings. The molecule has 0 spiro atoms. The molecule has 0 aromatic rings. The van der Waals surface area contributed by atoms with E-state index in [1.165, 1.54) is 25.7 Å². The van der Waals surface area contributed by atoms with E-state index < -0.39 is 0 Å². The maximum Gasteiger partial charge on any atom is 0.0669 e. The first kappa shape index (κ1) is 13.3. The van der Waals surface area contributed by atoms with E-state index in [2.05, 4.69) is 11.9 Å². The summed E-state index contributed by atoms with van der Waals surface area (Å²) in [7, 11) is 2.09. The SMILES string of the molecule is CN(CC(O)CC1CCCC1)CC1CC(O)C1. The predicted octanol–water partition coefficient (Wildman–Crippen LogP) is 1.63. The fraction of sp³-hybridized carbons (Fsp3) is 1.00. The third kappa shape index (κ3) is 4.23. The molecule has 2 N–H and O–H groups in total. The van der Waals surface area contributed by atoms with Crippen molar-refractivity contribution in [3.63, 3.8) is 0 Å². The Morgan fingerprint density at radius 3 is 2.41 bits per heavy atom. The molecule has 3 nitrogen and oxygen atoms in total. The van der Waals surface area contributed by atoms with Gasteiger partial charge >= 0.3 is 0 Å². The first-order chi connectivity index (χ1) is 8.13. The Morgan fingerprint density at radius 2 is 1.82 bits per heavy atom. The third-order valence-electron chi connectivity index (χ3n) is 4.38. The van der Waals surface area contributed by atoms with Crippen LogP contribution in [0.3, 0.4) is 0 Å². The average molecular weight is 241 g/mol. The van der Waals surface area contributed by atoms with Crippen molar-refractivity contribution >= 4 is 0 Å². The molecule has 2 aliphatic rings. The third-order valence-corrected chi connectivity index (χ3v) is 4.38. The van der Waals surface area contributed by atoms with E-state index >= 15 is 0 Å². The van der Waals surface area contributed by atoms with E-state index in [-0.39, 0.29) is 12.2 Å². The van der Waals surface area contributed by atoms with Gasteiger partial charge in [-0.2, -0.15) is 0 Å². The highest BCUT2D eigenvalue weighted by Gasteiger charge is 2.28. The molecule has 2 rings (SSSR count). The van der Waals surface area contributed by atoms with Gasteiger partial charge < -0.3 is 15.1 Å². The van der Waals surface area contributed by atoms with Crippen LogP contribution in [-0.2, 0) is 0 Å². The molecule has 17 heavy (non-hydrogen) atoms. The Balaban J connectivity index is 1.58. The second-order valence-electron chi connectivity index (χ2n) is 6.25. The van der Waals surface area contributed by atoms with Gasteiger partial charge in [0.1, 0.15) is 0 Å². The first-order valence-electron chi connectivity index (χ1n) is 7.18. The molecule has 0 radical (unpaired) electrons. The highest BCUT2D eigenvalue weighted by molar-refractivity contribution is 4.81. The van der Waals surface area contributed by atoms with Gasteiger partial charge in [0.2, 0.25) is 0 Å². The average Bonchev–Trinajstić information content (AvgIpc) is 2.67. The van der Waals surface area contributed by atoms with Crippen LogP contribution in [0.15, 0.2) is 0 Å². The van der Waals surface area contributed by atoms with Gasteiger partial charge in [-0.25, -0.2) is 0 Å². The maximum absolute atomic E-state index is 10.0. The molecule has 0 amide bonds. The van der Waals surface area contributed by atoms with Crippen LogP contribution in [0.2, 0.25) is 0 Å². The van der Waals surface area contributed by atoms with E-state index in [4.69, 9.17) is 0 Å². The summed E-state index contributed by atoms with van der Waals surface area (Å²) in [5.74, 6) is 1.41. The Kier molecular flexibility index (Phi) is 4.83. The zero-order chi connectivity index (χ0) is 12.3. The molecular weight excluding hydrogens is 214 g/mol. The van der Waals surface area contributed by atoms with Crippen molar-refractivity contribution in [3.8, 4) is 0 Å². The molecule has 1 atom stereocenters. The van der Waals surface area contributed by atoms with Crippen LogP contribution in [0, 0.1) is 11.8 Å².